The minimum atomic E-state index is -3.76. The Morgan fingerprint density at radius 2 is 1.26 bits per heavy atom. The number of para-hydroxylation sites is 2. The number of benzene rings is 4. The smallest absolute Gasteiger partial charge is 0.415 e. The van der Waals surface area contributed by atoms with Gasteiger partial charge in [-0.3, -0.25) is 5.32 Å². The molecule has 0 saturated heterocycles. The monoisotopic (exact) mass is 563 g/mol. The summed E-state index contributed by atoms with van der Waals surface area (Å²) in [6, 6.07) is 32.2. The fourth-order valence-corrected chi connectivity index (χ4v) is 7.60. The van der Waals surface area contributed by atoms with Gasteiger partial charge in [0.25, 0.3) is 0 Å². The molecule has 8 heteroatoms. The molecule has 1 N–H and O–H groups in total. The van der Waals surface area contributed by atoms with E-state index >= 15 is 0 Å². The van der Waals surface area contributed by atoms with E-state index in [4.69, 9.17) is 9.05 Å². The third-order valence-electron chi connectivity index (χ3n) is 6.27. The van der Waals surface area contributed by atoms with E-state index in [0.717, 1.165) is 17.5 Å². The standard InChI is InChI=1S/C31H34NO5PS/c1-3-12-31(38(33,36-28-15-6-4-7-16-28)37-29-17-8-5-9-18-29)32-23-26-13-10-11-14-27(26)24-39(34,35)30-21-19-25(2)20-22-30/h4-11,13-22,31-32H,3,12,23-24H2,1-2H3. The Kier molecular flexibility index (Phi) is 9.63. The average Bonchev–Trinajstić information content (AvgIpc) is 2.93. The molecule has 0 heterocycles. The number of nitrogens with one attached hydrogen (secondary N) is 1. The Balaban J connectivity index is 1.59. The van der Waals surface area contributed by atoms with Gasteiger partial charge in [-0.25, -0.2) is 13.0 Å². The van der Waals surface area contributed by atoms with Gasteiger partial charge >= 0.3 is 7.60 Å². The number of sulfone groups is 1. The molecule has 0 saturated carbocycles. The molecule has 0 aromatic heterocycles. The Morgan fingerprint density at radius 1 is 0.744 bits per heavy atom. The fourth-order valence-electron chi connectivity index (χ4n) is 4.18. The van der Waals surface area contributed by atoms with Gasteiger partial charge in [0.1, 0.15) is 17.3 Å². The Hall–Kier alpha value is -3.38. The lowest BCUT2D eigenvalue weighted by atomic mass is 10.1. The molecule has 1 unspecified atom stereocenters. The molecule has 1 atom stereocenters. The van der Waals surface area contributed by atoms with E-state index in [1.165, 1.54) is 0 Å². The van der Waals surface area contributed by atoms with Crippen molar-refractivity contribution < 1.29 is 22.0 Å². The summed E-state index contributed by atoms with van der Waals surface area (Å²) in [4.78, 5) is 0.289. The third-order valence-corrected chi connectivity index (χ3v) is 10.1. The lowest BCUT2D eigenvalue weighted by Gasteiger charge is -2.28. The normalized spacial score (nSPS) is 12.6. The van der Waals surface area contributed by atoms with Gasteiger partial charge in [0.05, 0.1) is 10.6 Å². The van der Waals surface area contributed by atoms with Crippen LogP contribution in [0, 0.1) is 6.92 Å². The predicted molar refractivity (Wildman–Crippen MR) is 156 cm³/mol. The molecule has 6 nitrogen and oxygen atoms in total. The van der Waals surface area contributed by atoms with E-state index in [-0.39, 0.29) is 10.6 Å². The second-order valence-corrected chi connectivity index (χ2v) is 13.4. The largest absolute Gasteiger partial charge is 0.447 e. The Labute approximate surface area is 231 Å². The highest BCUT2D eigenvalue weighted by molar-refractivity contribution is 7.90. The van der Waals surface area contributed by atoms with E-state index in [1.807, 2.05) is 74.5 Å². The summed E-state index contributed by atoms with van der Waals surface area (Å²) in [5.74, 6) is 0.128. The summed E-state index contributed by atoms with van der Waals surface area (Å²) in [6.45, 7) is 4.22. The molecular formula is C31H34NO5PS. The molecule has 0 spiro atoms. The quantitative estimate of drug-likeness (QED) is 0.169. The number of hydrogen-bond donors (Lipinski definition) is 1. The van der Waals surface area contributed by atoms with Gasteiger partial charge in [-0.15, -0.1) is 0 Å². The van der Waals surface area contributed by atoms with Crippen molar-refractivity contribution in [2.75, 3.05) is 0 Å². The molecule has 0 aliphatic carbocycles. The van der Waals surface area contributed by atoms with Crippen LogP contribution in [0.3, 0.4) is 0 Å². The summed E-state index contributed by atoms with van der Waals surface area (Å²) >= 11 is 0. The lowest BCUT2D eigenvalue weighted by molar-refractivity contribution is 0.353. The van der Waals surface area contributed by atoms with Crippen LogP contribution in [0.25, 0.3) is 0 Å². The zero-order valence-corrected chi connectivity index (χ0v) is 23.9. The lowest BCUT2D eigenvalue weighted by Crippen LogP contribution is -2.32. The van der Waals surface area contributed by atoms with Crippen LogP contribution in [0.1, 0.15) is 36.5 Å². The number of aryl methyl sites for hydroxylation is 1. The van der Waals surface area contributed by atoms with Gasteiger partial charge in [-0.2, -0.15) is 0 Å². The highest BCUT2D eigenvalue weighted by atomic mass is 32.2. The maximum Gasteiger partial charge on any atom is 0.447 e. The first-order valence-electron chi connectivity index (χ1n) is 13.0. The van der Waals surface area contributed by atoms with Crippen LogP contribution in [0.5, 0.6) is 11.5 Å². The van der Waals surface area contributed by atoms with E-state index in [1.54, 1.807) is 48.5 Å². The van der Waals surface area contributed by atoms with Gasteiger partial charge in [-0.1, -0.05) is 91.7 Å². The molecule has 0 fully saturated rings. The Bertz CT molecular complexity index is 1450. The molecule has 39 heavy (non-hydrogen) atoms. The van der Waals surface area contributed by atoms with Gasteiger partial charge in [0.15, 0.2) is 9.84 Å². The van der Waals surface area contributed by atoms with Crippen molar-refractivity contribution in [3.8, 4) is 11.5 Å². The van der Waals surface area contributed by atoms with Crippen molar-refractivity contribution in [2.24, 2.45) is 0 Å². The summed E-state index contributed by atoms with van der Waals surface area (Å²) in [6.07, 6.45) is 1.27. The summed E-state index contributed by atoms with van der Waals surface area (Å²) in [5, 5.41) is 3.38. The summed E-state index contributed by atoms with van der Waals surface area (Å²) in [7, 11) is -7.31. The molecule has 0 aliphatic rings. The molecule has 4 aromatic carbocycles. The van der Waals surface area contributed by atoms with Crippen molar-refractivity contribution in [1.82, 2.24) is 5.32 Å². The third kappa shape index (κ3) is 7.82. The molecule has 0 radical (unpaired) electrons. The maximum atomic E-state index is 14.4. The van der Waals surface area contributed by atoms with Crippen LogP contribution >= 0.6 is 7.60 Å². The maximum absolute atomic E-state index is 14.4. The molecule has 0 bridgehead atoms. The molecule has 4 aromatic rings. The van der Waals surface area contributed by atoms with Crippen molar-refractivity contribution in [2.45, 2.75) is 49.7 Å². The molecule has 4 rings (SSSR count). The van der Waals surface area contributed by atoms with Crippen LogP contribution in [0.15, 0.2) is 114 Å². The Morgan fingerprint density at radius 3 is 1.79 bits per heavy atom. The van der Waals surface area contributed by atoms with Crippen LogP contribution in [0.4, 0.5) is 0 Å². The van der Waals surface area contributed by atoms with Crippen molar-refractivity contribution in [1.29, 1.82) is 0 Å². The van der Waals surface area contributed by atoms with Crippen molar-refractivity contribution in [3.63, 3.8) is 0 Å². The van der Waals surface area contributed by atoms with Gasteiger partial charge < -0.3 is 9.05 Å². The minimum absolute atomic E-state index is 0.134. The topological polar surface area (TPSA) is 81.7 Å². The first-order valence-corrected chi connectivity index (χ1v) is 16.2. The van der Waals surface area contributed by atoms with Crippen LogP contribution < -0.4 is 14.4 Å². The van der Waals surface area contributed by atoms with Crippen LogP contribution in [-0.4, -0.2) is 14.2 Å². The number of rotatable bonds is 13. The average molecular weight is 564 g/mol. The van der Waals surface area contributed by atoms with Crippen molar-refractivity contribution in [3.05, 3.63) is 126 Å². The second-order valence-electron chi connectivity index (χ2n) is 9.37. The van der Waals surface area contributed by atoms with Gasteiger partial charge in [-0.05, 0) is 60.9 Å². The van der Waals surface area contributed by atoms with Gasteiger partial charge in [0, 0.05) is 6.54 Å². The zero-order chi connectivity index (χ0) is 27.7. The SMILES string of the molecule is CCCC(NCc1ccccc1CS(=O)(=O)c1ccc(C)cc1)P(=O)(Oc1ccccc1)Oc1ccccc1. The molecule has 0 aliphatic heterocycles. The van der Waals surface area contributed by atoms with Gasteiger partial charge in [0.2, 0.25) is 0 Å². The predicted octanol–water partition coefficient (Wildman–Crippen LogP) is 7.54. The molecule has 0 amide bonds. The fraction of sp³-hybridized carbons (Fsp3) is 0.226. The van der Waals surface area contributed by atoms with E-state index in [2.05, 4.69) is 5.32 Å². The second kappa shape index (κ2) is 13.1. The summed E-state index contributed by atoms with van der Waals surface area (Å²) in [5.41, 5.74) is 2.49. The van der Waals surface area contributed by atoms with E-state index in [0.29, 0.717) is 30.0 Å². The summed E-state index contributed by atoms with van der Waals surface area (Å²) < 4.78 is 52.8. The first kappa shape index (κ1) is 28.6. The van der Waals surface area contributed by atoms with E-state index < -0.39 is 23.2 Å². The van der Waals surface area contributed by atoms with E-state index in [9.17, 15) is 13.0 Å². The van der Waals surface area contributed by atoms with Crippen LogP contribution in [-0.2, 0) is 26.7 Å². The van der Waals surface area contributed by atoms with Crippen molar-refractivity contribution >= 4 is 17.4 Å². The highest BCUT2D eigenvalue weighted by Gasteiger charge is 2.38. The molecule has 204 valence electrons. The highest BCUT2D eigenvalue weighted by Crippen LogP contribution is 2.53. The zero-order valence-electron chi connectivity index (χ0n) is 22.2. The minimum Gasteiger partial charge on any atom is -0.415 e. The number of hydrogen-bond acceptors (Lipinski definition) is 6. The first-order chi connectivity index (χ1) is 18.8. The molecular weight excluding hydrogens is 529 g/mol. The van der Waals surface area contributed by atoms with Crippen LogP contribution in [0.2, 0.25) is 0 Å².